The first-order valence-corrected chi connectivity index (χ1v) is 10.5. The third kappa shape index (κ3) is 5.53. The number of halogens is 1. The lowest BCUT2D eigenvalue weighted by atomic mass is 10.1. The lowest BCUT2D eigenvalue weighted by Gasteiger charge is -2.14. The molecule has 0 atom stereocenters. The lowest BCUT2D eigenvalue weighted by molar-refractivity contribution is 0.0942. The number of hydrogen-bond acceptors (Lipinski definition) is 6. The van der Waals surface area contributed by atoms with E-state index < -0.39 is 0 Å². The molecule has 0 saturated carbocycles. The Morgan fingerprint density at radius 1 is 1.26 bits per heavy atom. The van der Waals surface area contributed by atoms with E-state index in [2.05, 4.69) is 20.6 Å². The molecule has 0 aliphatic heterocycles. The van der Waals surface area contributed by atoms with Gasteiger partial charge in [0.15, 0.2) is 11.5 Å². The standard InChI is InChI=1S/C22H26ClN5O3/c1-3-15-7-4-5-8-18(15)31-22-27-20(24-2)19(21(30)25-11-6-12-29)28(22)14-17-10-9-16(23)13-26-17/h4-5,7-10,13,24,29H,3,6,11-12,14H2,1-2H3,(H,25,30). The number of benzene rings is 1. The summed E-state index contributed by atoms with van der Waals surface area (Å²) in [6, 6.07) is 11.5. The quantitative estimate of drug-likeness (QED) is 0.415. The number of aromatic nitrogens is 3. The van der Waals surface area contributed by atoms with Gasteiger partial charge in [-0.1, -0.05) is 36.7 Å². The van der Waals surface area contributed by atoms with Crippen molar-refractivity contribution in [2.75, 3.05) is 25.5 Å². The van der Waals surface area contributed by atoms with E-state index in [1.54, 1.807) is 29.9 Å². The number of aryl methyl sites for hydroxylation is 1. The maximum absolute atomic E-state index is 13.0. The summed E-state index contributed by atoms with van der Waals surface area (Å²) in [6.07, 6.45) is 2.81. The van der Waals surface area contributed by atoms with E-state index in [-0.39, 0.29) is 25.1 Å². The van der Waals surface area contributed by atoms with Crippen molar-refractivity contribution >= 4 is 23.3 Å². The smallest absolute Gasteiger partial charge is 0.304 e. The summed E-state index contributed by atoms with van der Waals surface area (Å²) >= 11 is 5.96. The van der Waals surface area contributed by atoms with Crippen LogP contribution in [0.3, 0.4) is 0 Å². The molecule has 0 aliphatic carbocycles. The highest BCUT2D eigenvalue weighted by Gasteiger charge is 2.25. The summed E-state index contributed by atoms with van der Waals surface area (Å²) in [5.74, 6) is 0.743. The van der Waals surface area contributed by atoms with E-state index in [0.29, 0.717) is 40.9 Å². The first-order chi connectivity index (χ1) is 15.1. The summed E-state index contributed by atoms with van der Waals surface area (Å²) in [4.78, 5) is 21.8. The number of carbonyl (C=O) groups is 1. The predicted octanol–water partition coefficient (Wildman–Crippen LogP) is 3.49. The van der Waals surface area contributed by atoms with Crippen molar-refractivity contribution in [2.24, 2.45) is 0 Å². The van der Waals surface area contributed by atoms with Crippen LogP contribution in [0.2, 0.25) is 5.02 Å². The van der Waals surface area contributed by atoms with Gasteiger partial charge >= 0.3 is 6.01 Å². The number of imidazole rings is 1. The van der Waals surface area contributed by atoms with Crippen molar-refractivity contribution < 1.29 is 14.6 Å². The Bertz CT molecular complexity index is 1020. The molecule has 2 aromatic heterocycles. The van der Waals surface area contributed by atoms with Crippen molar-refractivity contribution in [3.63, 3.8) is 0 Å². The summed E-state index contributed by atoms with van der Waals surface area (Å²) in [5.41, 5.74) is 2.05. The van der Waals surface area contributed by atoms with Crippen LogP contribution in [0.4, 0.5) is 5.82 Å². The van der Waals surface area contributed by atoms with Gasteiger partial charge < -0.3 is 20.5 Å². The fraction of sp³-hybridized carbons (Fsp3) is 0.318. The fourth-order valence-corrected chi connectivity index (χ4v) is 3.19. The molecule has 9 heteroatoms. The zero-order chi connectivity index (χ0) is 22.2. The van der Waals surface area contributed by atoms with E-state index in [1.165, 1.54) is 0 Å². The van der Waals surface area contributed by atoms with Crippen LogP contribution in [0.5, 0.6) is 11.8 Å². The highest BCUT2D eigenvalue weighted by Crippen LogP contribution is 2.30. The Kier molecular flexibility index (Phi) is 7.86. The molecule has 0 fully saturated rings. The number of ether oxygens (including phenoxy) is 1. The molecule has 31 heavy (non-hydrogen) atoms. The zero-order valence-electron chi connectivity index (χ0n) is 17.6. The molecule has 0 spiro atoms. The molecule has 0 saturated heterocycles. The molecule has 0 radical (unpaired) electrons. The van der Waals surface area contributed by atoms with Crippen LogP contribution in [0.15, 0.2) is 42.6 Å². The number of anilines is 1. The van der Waals surface area contributed by atoms with E-state index >= 15 is 0 Å². The summed E-state index contributed by atoms with van der Waals surface area (Å²) < 4.78 is 7.85. The van der Waals surface area contributed by atoms with Crippen molar-refractivity contribution in [3.05, 3.63) is 64.6 Å². The minimum absolute atomic E-state index is 0.00468. The Balaban J connectivity index is 2.03. The second-order valence-electron chi connectivity index (χ2n) is 6.79. The number of amides is 1. The molecule has 1 amide bonds. The molecule has 0 unspecified atom stereocenters. The highest BCUT2D eigenvalue weighted by atomic mass is 35.5. The minimum atomic E-state index is -0.321. The summed E-state index contributed by atoms with van der Waals surface area (Å²) in [5, 5.41) is 15.3. The van der Waals surface area contributed by atoms with Gasteiger partial charge in [0.1, 0.15) is 5.75 Å². The molecular formula is C22H26ClN5O3. The van der Waals surface area contributed by atoms with Gasteiger partial charge in [0.25, 0.3) is 5.91 Å². The van der Waals surface area contributed by atoms with E-state index in [1.807, 2.05) is 31.2 Å². The number of aliphatic hydroxyl groups excluding tert-OH is 1. The molecule has 164 valence electrons. The molecule has 1 aromatic carbocycles. The highest BCUT2D eigenvalue weighted by molar-refractivity contribution is 6.30. The maximum atomic E-state index is 13.0. The van der Waals surface area contributed by atoms with Crippen molar-refractivity contribution in [1.82, 2.24) is 19.9 Å². The van der Waals surface area contributed by atoms with E-state index in [0.717, 1.165) is 12.0 Å². The predicted molar refractivity (Wildman–Crippen MR) is 120 cm³/mol. The minimum Gasteiger partial charge on any atom is -0.425 e. The van der Waals surface area contributed by atoms with Crippen molar-refractivity contribution in [1.29, 1.82) is 0 Å². The maximum Gasteiger partial charge on any atom is 0.304 e. The van der Waals surface area contributed by atoms with Crippen molar-refractivity contribution in [2.45, 2.75) is 26.3 Å². The topological polar surface area (TPSA) is 101 Å². The van der Waals surface area contributed by atoms with E-state index in [4.69, 9.17) is 21.4 Å². The molecular weight excluding hydrogens is 418 g/mol. The van der Waals surface area contributed by atoms with Crippen LogP contribution < -0.4 is 15.4 Å². The number of nitrogens with one attached hydrogen (secondary N) is 2. The van der Waals surface area contributed by atoms with Gasteiger partial charge in [-0.15, -0.1) is 0 Å². The molecule has 8 nitrogen and oxygen atoms in total. The van der Waals surface area contributed by atoms with Crippen LogP contribution >= 0.6 is 11.6 Å². The monoisotopic (exact) mass is 443 g/mol. The average molecular weight is 444 g/mol. The van der Waals surface area contributed by atoms with Gasteiger partial charge in [0.2, 0.25) is 0 Å². The second kappa shape index (κ2) is 10.8. The average Bonchev–Trinajstić information content (AvgIpc) is 3.12. The molecule has 3 N–H and O–H groups in total. The van der Waals surface area contributed by atoms with Crippen molar-refractivity contribution in [3.8, 4) is 11.8 Å². The number of hydrogen-bond donors (Lipinski definition) is 3. The zero-order valence-corrected chi connectivity index (χ0v) is 18.3. The number of para-hydroxylation sites is 1. The normalized spacial score (nSPS) is 10.7. The van der Waals surface area contributed by atoms with Crippen LogP contribution in [-0.2, 0) is 13.0 Å². The SMILES string of the molecule is CCc1ccccc1Oc1nc(NC)c(C(=O)NCCCO)n1Cc1ccc(Cl)cn1. The Morgan fingerprint density at radius 2 is 2.06 bits per heavy atom. The van der Waals surface area contributed by atoms with Gasteiger partial charge in [-0.25, -0.2) is 0 Å². The Labute approximate surface area is 186 Å². The third-order valence-electron chi connectivity index (χ3n) is 4.67. The van der Waals surface area contributed by atoms with Crippen LogP contribution in [-0.4, -0.2) is 45.7 Å². The molecule has 0 bridgehead atoms. The summed E-state index contributed by atoms with van der Waals surface area (Å²) in [6.45, 7) is 2.65. The van der Waals surface area contributed by atoms with Gasteiger partial charge in [0, 0.05) is 26.4 Å². The first-order valence-electron chi connectivity index (χ1n) is 10.1. The molecule has 3 rings (SSSR count). The second-order valence-corrected chi connectivity index (χ2v) is 7.23. The first kappa shape index (κ1) is 22.6. The van der Waals surface area contributed by atoms with Crippen LogP contribution in [0.25, 0.3) is 0 Å². The molecule has 3 aromatic rings. The molecule has 2 heterocycles. The number of rotatable bonds is 10. The van der Waals surface area contributed by atoms with Gasteiger partial charge in [-0.05, 0) is 36.6 Å². The van der Waals surface area contributed by atoms with Gasteiger partial charge in [0.05, 0.1) is 17.3 Å². The molecule has 0 aliphatic rings. The summed E-state index contributed by atoms with van der Waals surface area (Å²) in [7, 11) is 1.70. The Morgan fingerprint density at radius 3 is 2.74 bits per heavy atom. The number of nitrogens with zero attached hydrogens (tertiary/aromatic N) is 3. The van der Waals surface area contributed by atoms with Gasteiger partial charge in [-0.3, -0.25) is 14.3 Å². The van der Waals surface area contributed by atoms with Crippen LogP contribution in [0.1, 0.15) is 35.1 Å². The van der Waals surface area contributed by atoms with E-state index in [9.17, 15) is 4.79 Å². The fourth-order valence-electron chi connectivity index (χ4n) is 3.08. The largest absolute Gasteiger partial charge is 0.425 e. The number of pyridine rings is 1. The third-order valence-corrected chi connectivity index (χ3v) is 4.89. The number of carbonyl (C=O) groups excluding carboxylic acids is 1. The Hall–Kier alpha value is -3.10. The van der Waals surface area contributed by atoms with Gasteiger partial charge in [-0.2, -0.15) is 4.98 Å². The lowest BCUT2D eigenvalue weighted by Crippen LogP contribution is -2.28. The van der Waals surface area contributed by atoms with Crippen LogP contribution in [0, 0.1) is 0 Å². The number of aliphatic hydroxyl groups is 1.